The first kappa shape index (κ1) is 14.3. The van der Waals surface area contributed by atoms with E-state index < -0.39 is 11.6 Å². The van der Waals surface area contributed by atoms with E-state index in [0.717, 1.165) is 29.3 Å². The van der Waals surface area contributed by atoms with Gasteiger partial charge in [0.25, 0.3) is 0 Å². The summed E-state index contributed by atoms with van der Waals surface area (Å²) in [6.07, 6.45) is 0.0474. The van der Waals surface area contributed by atoms with Gasteiger partial charge in [0.15, 0.2) is 0 Å². The maximum absolute atomic E-state index is 13.5. The van der Waals surface area contributed by atoms with Crippen molar-refractivity contribution >= 4 is 5.78 Å². The van der Waals surface area contributed by atoms with Crippen molar-refractivity contribution in [1.29, 1.82) is 0 Å². The van der Waals surface area contributed by atoms with Crippen molar-refractivity contribution in [1.82, 2.24) is 0 Å². The standard InChI is InChI=1S/C16H15F2NO/c17-14-5-6-16(18)13(7-14)9-15(20)8-11-3-1-2-4-12(11)10-19/h1-7H,8-10,19H2. The van der Waals surface area contributed by atoms with Crippen molar-refractivity contribution < 1.29 is 13.6 Å². The van der Waals surface area contributed by atoms with Gasteiger partial charge < -0.3 is 5.73 Å². The summed E-state index contributed by atoms with van der Waals surface area (Å²) in [6.45, 7) is 0.345. The molecule has 0 aliphatic carbocycles. The quantitative estimate of drug-likeness (QED) is 0.911. The SMILES string of the molecule is NCc1ccccc1CC(=O)Cc1cc(F)ccc1F. The molecule has 4 heteroatoms. The number of rotatable bonds is 5. The van der Waals surface area contributed by atoms with Gasteiger partial charge in [-0.05, 0) is 34.9 Å². The Morgan fingerprint density at radius 3 is 2.30 bits per heavy atom. The van der Waals surface area contributed by atoms with Crippen LogP contribution in [0.1, 0.15) is 16.7 Å². The average Bonchev–Trinajstić information content (AvgIpc) is 2.43. The second-order valence-electron chi connectivity index (χ2n) is 4.60. The van der Waals surface area contributed by atoms with Crippen LogP contribution in [0.3, 0.4) is 0 Å². The molecule has 0 amide bonds. The van der Waals surface area contributed by atoms with Crippen molar-refractivity contribution in [3.8, 4) is 0 Å². The normalized spacial score (nSPS) is 10.6. The number of hydrogen-bond donors (Lipinski definition) is 1. The second kappa shape index (κ2) is 6.39. The van der Waals surface area contributed by atoms with E-state index in [1.807, 2.05) is 24.3 Å². The van der Waals surface area contributed by atoms with E-state index in [-0.39, 0.29) is 24.2 Å². The summed E-state index contributed by atoms with van der Waals surface area (Å²) in [5, 5.41) is 0. The summed E-state index contributed by atoms with van der Waals surface area (Å²) in [5.41, 5.74) is 7.41. The Hall–Kier alpha value is -2.07. The van der Waals surface area contributed by atoms with E-state index in [1.54, 1.807) is 0 Å². The molecule has 0 heterocycles. The molecule has 0 aromatic heterocycles. The van der Waals surface area contributed by atoms with Gasteiger partial charge in [-0.15, -0.1) is 0 Å². The fraction of sp³-hybridized carbons (Fsp3) is 0.188. The minimum atomic E-state index is -0.563. The third-order valence-corrected chi connectivity index (χ3v) is 3.12. The van der Waals surface area contributed by atoms with Crippen molar-refractivity contribution in [3.63, 3.8) is 0 Å². The van der Waals surface area contributed by atoms with Gasteiger partial charge >= 0.3 is 0 Å². The highest BCUT2D eigenvalue weighted by Crippen LogP contribution is 2.14. The Balaban J connectivity index is 2.11. The molecule has 0 radical (unpaired) electrons. The van der Waals surface area contributed by atoms with Crippen LogP contribution in [0.4, 0.5) is 8.78 Å². The fourth-order valence-corrected chi connectivity index (χ4v) is 2.10. The molecule has 0 saturated carbocycles. The first-order chi connectivity index (χ1) is 9.60. The van der Waals surface area contributed by atoms with Crippen LogP contribution in [-0.4, -0.2) is 5.78 Å². The van der Waals surface area contributed by atoms with Crippen LogP contribution in [0.2, 0.25) is 0 Å². The van der Waals surface area contributed by atoms with E-state index in [9.17, 15) is 13.6 Å². The smallest absolute Gasteiger partial charge is 0.141 e. The fourth-order valence-electron chi connectivity index (χ4n) is 2.10. The third kappa shape index (κ3) is 3.48. The van der Waals surface area contributed by atoms with Gasteiger partial charge in [-0.1, -0.05) is 24.3 Å². The highest BCUT2D eigenvalue weighted by atomic mass is 19.1. The zero-order valence-corrected chi connectivity index (χ0v) is 10.9. The highest BCUT2D eigenvalue weighted by Gasteiger charge is 2.11. The molecule has 0 aliphatic heterocycles. The first-order valence-electron chi connectivity index (χ1n) is 6.32. The maximum atomic E-state index is 13.5. The van der Waals surface area contributed by atoms with Gasteiger partial charge in [-0.2, -0.15) is 0 Å². The van der Waals surface area contributed by atoms with Crippen LogP contribution in [0.25, 0.3) is 0 Å². The largest absolute Gasteiger partial charge is 0.326 e. The Morgan fingerprint density at radius 2 is 1.60 bits per heavy atom. The molecule has 0 fully saturated rings. The van der Waals surface area contributed by atoms with E-state index in [0.29, 0.717) is 6.54 Å². The van der Waals surface area contributed by atoms with Crippen molar-refractivity contribution in [2.24, 2.45) is 5.73 Å². The van der Waals surface area contributed by atoms with Crippen LogP contribution in [0, 0.1) is 11.6 Å². The number of carbonyl (C=O) groups excluding carboxylic acids is 1. The lowest BCUT2D eigenvalue weighted by molar-refractivity contribution is -0.117. The number of benzene rings is 2. The summed E-state index contributed by atoms with van der Waals surface area (Å²) >= 11 is 0. The number of Topliss-reactive ketones (excluding diaryl/α,β-unsaturated/α-hetero) is 1. The Bertz CT molecular complexity index is 626. The van der Waals surface area contributed by atoms with Gasteiger partial charge in [0.05, 0.1) is 0 Å². The minimum absolute atomic E-state index is 0.0835. The Kier molecular flexibility index (Phi) is 4.58. The van der Waals surface area contributed by atoms with E-state index >= 15 is 0 Å². The second-order valence-corrected chi connectivity index (χ2v) is 4.60. The predicted octanol–water partition coefficient (Wildman–Crippen LogP) is 2.78. The topological polar surface area (TPSA) is 43.1 Å². The lowest BCUT2D eigenvalue weighted by Gasteiger charge is -2.07. The molecule has 20 heavy (non-hydrogen) atoms. The van der Waals surface area contributed by atoms with Crippen LogP contribution in [0.15, 0.2) is 42.5 Å². The molecule has 2 aromatic carbocycles. The van der Waals surface area contributed by atoms with Crippen molar-refractivity contribution in [2.75, 3.05) is 0 Å². The van der Waals surface area contributed by atoms with Crippen LogP contribution >= 0.6 is 0 Å². The summed E-state index contributed by atoms with van der Waals surface area (Å²) in [5.74, 6) is -1.28. The van der Waals surface area contributed by atoms with Gasteiger partial charge in [0.1, 0.15) is 17.4 Å². The first-order valence-corrected chi connectivity index (χ1v) is 6.32. The lowest BCUT2D eigenvalue weighted by Crippen LogP contribution is -2.11. The molecule has 0 atom stereocenters. The zero-order chi connectivity index (χ0) is 14.5. The van der Waals surface area contributed by atoms with Crippen molar-refractivity contribution in [3.05, 3.63) is 70.8 Å². The molecule has 0 aliphatic rings. The summed E-state index contributed by atoms with van der Waals surface area (Å²) in [6, 6.07) is 10.5. The minimum Gasteiger partial charge on any atom is -0.326 e. The maximum Gasteiger partial charge on any atom is 0.141 e. The molecular formula is C16H15F2NO. The molecule has 0 bridgehead atoms. The highest BCUT2D eigenvalue weighted by molar-refractivity contribution is 5.83. The van der Waals surface area contributed by atoms with Gasteiger partial charge in [0.2, 0.25) is 0 Å². The Morgan fingerprint density at radius 1 is 0.950 bits per heavy atom. The van der Waals surface area contributed by atoms with E-state index in [1.165, 1.54) is 0 Å². The molecule has 2 aromatic rings. The predicted molar refractivity (Wildman–Crippen MR) is 73.1 cm³/mol. The average molecular weight is 275 g/mol. The lowest BCUT2D eigenvalue weighted by atomic mass is 9.98. The summed E-state index contributed by atoms with van der Waals surface area (Å²) in [7, 11) is 0. The Labute approximate surface area is 116 Å². The van der Waals surface area contributed by atoms with Crippen molar-refractivity contribution in [2.45, 2.75) is 19.4 Å². The number of halogens is 2. The van der Waals surface area contributed by atoms with Crippen LogP contribution < -0.4 is 5.73 Å². The zero-order valence-electron chi connectivity index (χ0n) is 10.9. The summed E-state index contributed by atoms with van der Waals surface area (Å²) < 4.78 is 26.5. The summed E-state index contributed by atoms with van der Waals surface area (Å²) in [4.78, 5) is 12.0. The number of ketones is 1. The van der Waals surface area contributed by atoms with Crippen LogP contribution in [0.5, 0.6) is 0 Å². The molecule has 2 nitrogen and oxygen atoms in total. The van der Waals surface area contributed by atoms with Gasteiger partial charge in [-0.25, -0.2) is 8.78 Å². The monoisotopic (exact) mass is 275 g/mol. The van der Waals surface area contributed by atoms with Gasteiger partial charge in [-0.3, -0.25) is 4.79 Å². The molecule has 0 spiro atoms. The molecule has 2 N–H and O–H groups in total. The number of nitrogens with two attached hydrogens (primary N) is 1. The van der Waals surface area contributed by atoms with E-state index in [2.05, 4.69) is 0 Å². The molecule has 2 rings (SSSR count). The number of carbonyl (C=O) groups is 1. The van der Waals surface area contributed by atoms with Gasteiger partial charge in [0, 0.05) is 19.4 Å². The van der Waals surface area contributed by atoms with Crippen LogP contribution in [-0.2, 0) is 24.2 Å². The molecular weight excluding hydrogens is 260 g/mol. The number of hydrogen-bond acceptors (Lipinski definition) is 2. The molecule has 104 valence electrons. The molecule has 0 saturated heterocycles. The molecule has 0 unspecified atom stereocenters. The third-order valence-electron chi connectivity index (χ3n) is 3.12. The van der Waals surface area contributed by atoms with E-state index in [4.69, 9.17) is 5.73 Å².